The molecular weight excluding hydrogens is 318 g/mol. The Kier molecular flexibility index (Phi) is 4.32. The zero-order valence-electron chi connectivity index (χ0n) is 12.6. The summed E-state index contributed by atoms with van der Waals surface area (Å²) in [7, 11) is 0. The van der Waals surface area contributed by atoms with E-state index in [4.69, 9.17) is 15.2 Å². The smallest absolute Gasteiger partial charge is 0.238 e. The van der Waals surface area contributed by atoms with Gasteiger partial charge in [0.1, 0.15) is 0 Å². The Bertz CT molecular complexity index is 615. The molecular formula is C16H22ClN3OS. The minimum absolute atomic E-state index is 0. The molecule has 22 heavy (non-hydrogen) atoms. The van der Waals surface area contributed by atoms with Gasteiger partial charge in [0.15, 0.2) is 5.82 Å². The Morgan fingerprint density at radius 1 is 1.09 bits per heavy atom. The van der Waals surface area contributed by atoms with E-state index in [2.05, 4.69) is 22.7 Å². The summed E-state index contributed by atoms with van der Waals surface area (Å²) in [4.78, 5) is 6.12. The largest absolute Gasteiger partial charge is 0.338 e. The summed E-state index contributed by atoms with van der Waals surface area (Å²) >= 11 is 1.80. The first-order valence-corrected chi connectivity index (χ1v) is 8.79. The molecule has 4 rings (SSSR count). The average molecular weight is 340 g/mol. The lowest BCUT2D eigenvalue weighted by atomic mass is 9.72. The summed E-state index contributed by atoms with van der Waals surface area (Å²) in [6.45, 7) is 0. The number of rotatable bonds is 3. The molecule has 0 radical (unpaired) electrons. The summed E-state index contributed by atoms with van der Waals surface area (Å²) in [6, 6.07) is 4.32. The van der Waals surface area contributed by atoms with Crippen molar-refractivity contribution in [2.45, 2.75) is 62.3 Å². The van der Waals surface area contributed by atoms with Gasteiger partial charge in [-0.1, -0.05) is 30.5 Å². The van der Waals surface area contributed by atoms with Crippen LogP contribution in [0.3, 0.4) is 0 Å². The van der Waals surface area contributed by atoms with Gasteiger partial charge < -0.3 is 10.3 Å². The molecule has 0 aliphatic heterocycles. The first-order chi connectivity index (χ1) is 10.2. The second-order valence-corrected chi connectivity index (χ2v) is 7.50. The van der Waals surface area contributed by atoms with Gasteiger partial charge in [-0.05, 0) is 43.6 Å². The Labute approximate surface area is 140 Å². The SMILES string of the molecule is Cl.NC1(c2noc(C3(c4cccs4)CCCCC3)n2)CCC1. The Hall–Kier alpha value is -0.910. The number of halogens is 1. The van der Waals surface area contributed by atoms with Crippen LogP contribution in [0.2, 0.25) is 0 Å². The third-order valence-corrected chi connectivity index (χ3v) is 6.30. The number of aromatic nitrogens is 2. The van der Waals surface area contributed by atoms with Crippen LogP contribution in [0.1, 0.15) is 68.0 Å². The fourth-order valence-electron chi connectivity index (χ4n) is 3.67. The molecule has 4 nitrogen and oxygen atoms in total. The maximum absolute atomic E-state index is 6.35. The summed E-state index contributed by atoms with van der Waals surface area (Å²) in [6.07, 6.45) is 9.06. The van der Waals surface area contributed by atoms with Crippen LogP contribution >= 0.6 is 23.7 Å². The predicted molar refractivity (Wildman–Crippen MR) is 89.4 cm³/mol. The molecule has 0 saturated heterocycles. The zero-order valence-corrected chi connectivity index (χ0v) is 14.2. The summed E-state index contributed by atoms with van der Waals surface area (Å²) < 4.78 is 5.72. The molecule has 2 aromatic heterocycles. The third-order valence-electron chi connectivity index (χ3n) is 5.23. The van der Waals surface area contributed by atoms with Gasteiger partial charge in [0, 0.05) is 4.88 Å². The van der Waals surface area contributed by atoms with Gasteiger partial charge in [-0.25, -0.2) is 0 Å². The van der Waals surface area contributed by atoms with E-state index >= 15 is 0 Å². The monoisotopic (exact) mass is 339 g/mol. The van der Waals surface area contributed by atoms with E-state index in [1.54, 1.807) is 11.3 Å². The van der Waals surface area contributed by atoms with Crippen LogP contribution in [0, 0.1) is 0 Å². The number of hydrogen-bond acceptors (Lipinski definition) is 5. The number of hydrogen-bond donors (Lipinski definition) is 1. The van der Waals surface area contributed by atoms with Gasteiger partial charge in [0.2, 0.25) is 5.89 Å². The van der Waals surface area contributed by atoms with Crippen molar-refractivity contribution >= 4 is 23.7 Å². The summed E-state index contributed by atoms with van der Waals surface area (Å²) in [5.41, 5.74) is 5.93. The van der Waals surface area contributed by atoms with Crippen molar-refractivity contribution in [1.82, 2.24) is 10.1 Å². The fraction of sp³-hybridized carbons (Fsp3) is 0.625. The van der Waals surface area contributed by atoms with Crippen LogP contribution in [0.15, 0.2) is 22.0 Å². The maximum Gasteiger partial charge on any atom is 0.238 e. The summed E-state index contributed by atoms with van der Waals surface area (Å²) in [5, 5.41) is 6.37. The normalized spacial score (nSPS) is 22.6. The molecule has 0 spiro atoms. The lowest BCUT2D eigenvalue weighted by molar-refractivity contribution is 0.224. The van der Waals surface area contributed by atoms with Crippen LogP contribution < -0.4 is 5.73 Å². The lowest BCUT2D eigenvalue weighted by Crippen LogP contribution is -2.44. The average Bonchev–Trinajstić information content (AvgIpc) is 3.17. The molecule has 2 fully saturated rings. The van der Waals surface area contributed by atoms with E-state index in [1.165, 1.54) is 24.1 Å². The quantitative estimate of drug-likeness (QED) is 0.912. The van der Waals surface area contributed by atoms with Crippen molar-refractivity contribution < 1.29 is 4.52 Å². The Balaban J connectivity index is 0.00000144. The highest BCUT2D eigenvalue weighted by molar-refractivity contribution is 7.10. The predicted octanol–water partition coefficient (Wildman–Crippen LogP) is 4.14. The van der Waals surface area contributed by atoms with Gasteiger partial charge in [-0.15, -0.1) is 23.7 Å². The highest BCUT2D eigenvalue weighted by Crippen LogP contribution is 2.47. The van der Waals surface area contributed by atoms with Crippen molar-refractivity contribution in [2.24, 2.45) is 5.73 Å². The van der Waals surface area contributed by atoms with Crippen molar-refractivity contribution in [2.75, 3.05) is 0 Å². The first kappa shape index (κ1) is 16.0. The van der Waals surface area contributed by atoms with Gasteiger partial charge in [0.05, 0.1) is 11.0 Å². The molecule has 120 valence electrons. The van der Waals surface area contributed by atoms with Crippen molar-refractivity contribution in [3.8, 4) is 0 Å². The molecule has 0 atom stereocenters. The maximum atomic E-state index is 6.35. The second-order valence-electron chi connectivity index (χ2n) is 6.55. The van der Waals surface area contributed by atoms with Gasteiger partial charge >= 0.3 is 0 Å². The number of nitrogens with zero attached hydrogens (tertiary/aromatic N) is 2. The minimum atomic E-state index is -0.340. The molecule has 2 heterocycles. The topological polar surface area (TPSA) is 64.9 Å². The van der Waals surface area contributed by atoms with Crippen molar-refractivity contribution in [3.05, 3.63) is 34.1 Å². The molecule has 0 bridgehead atoms. The molecule has 0 amide bonds. The number of nitrogens with two attached hydrogens (primary N) is 1. The van der Waals surface area contributed by atoms with Gasteiger partial charge in [0.25, 0.3) is 0 Å². The van der Waals surface area contributed by atoms with E-state index in [9.17, 15) is 0 Å². The lowest BCUT2D eigenvalue weighted by Gasteiger charge is -2.35. The molecule has 2 aliphatic rings. The fourth-order valence-corrected chi connectivity index (χ4v) is 4.65. The van der Waals surface area contributed by atoms with Gasteiger partial charge in [-0.3, -0.25) is 0 Å². The highest BCUT2D eigenvalue weighted by Gasteiger charge is 2.45. The van der Waals surface area contributed by atoms with Gasteiger partial charge in [-0.2, -0.15) is 4.98 Å². The zero-order chi connectivity index (χ0) is 14.3. The Morgan fingerprint density at radius 3 is 2.45 bits per heavy atom. The van der Waals surface area contributed by atoms with E-state index < -0.39 is 0 Å². The van der Waals surface area contributed by atoms with Crippen molar-refractivity contribution in [1.29, 1.82) is 0 Å². The first-order valence-electron chi connectivity index (χ1n) is 7.91. The van der Waals surface area contributed by atoms with Crippen molar-refractivity contribution in [3.63, 3.8) is 0 Å². The molecule has 2 N–H and O–H groups in total. The van der Waals surface area contributed by atoms with E-state index in [0.717, 1.165) is 38.0 Å². The molecule has 0 aromatic carbocycles. The Morgan fingerprint density at radius 2 is 1.86 bits per heavy atom. The van der Waals surface area contributed by atoms with E-state index in [-0.39, 0.29) is 23.4 Å². The summed E-state index contributed by atoms with van der Waals surface area (Å²) in [5.74, 6) is 1.50. The minimum Gasteiger partial charge on any atom is -0.338 e. The van der Waals surface area contributed by atoms with Crippen LogP contribution in [0.5, 0.6) is 0 Å². The van der Waals surface area contributed by atoms with E-state index in [1.807, 2.05) is 0 Å². The van der Waals surface area contributed by atoms with E-state index in [0.29, 0.717) is 5.82 Å². The molecule has 2 saturated carbocycles. The molecule has 0 unspecified atom stereocenters. The third kappa shape index (κ3) is 2.39. The van der Waals surface area contributed by atoms with Crippen LogP contribution in [-0.2, 0) is 11.0 Å². The van der Waals surface area contributed by atoms with Crippen LogP contribution in [0.25, 0.3) is 0 Å². The molecule has 2 aliphatic carbocycles. The number of thiophene rings is 1. The van der Waals surface area contributed by atoms with Crippen LogP contribution in [-0.4, -0.2) is 10.1 Å². The van der Waals surface area contributed by atoms with Crippen LogP contribution in [0.4, 0.5) is 0 Å². The second kappa shape index (κ2) is 5.95. The molecule has 6 heteroatoms. The standard InChI is InChI=1S/C16H21N3OS.ClH/c17-16(9-5-10-16)13-18-14(20-19-13)15(7-2-1-3-8-15)12-6-4-11-21-12;/h4,6,11H,1-3,5,7-10,17H2;1H. The highest BCUT2D eigenvalue weighted by atomic mass is 35.5. The molecule has 2 aromatic rings.